The first-order valence-corrected chi connectivity index (χ1v) is 6.54. The van der Waals surface area contributed by atoms with Crippen LogP contribution in [0.4, 0.5) is 0 Å². The van der Waals surface area contributed by atoms with Crippen molar-refractivity contribution in [1.29, 1.82) is 0 Å². The lowest BCUT2D eigenvalue weighted by Crippen LogP contribution is -2.48. The summed E-state index contributed by atoms with van der Waals surface area (Å²) < 4.78 is 5.07. The number of methoxy groups -OCH3 is 1. The number of nitrogens with one attached hydrogen (secondary N) is 1. The summed E-state index contributed by atoms with van der Waals surface area (Å²) in [4.78, 5) is 7.00. The van der Waals surface area contributed by atoms with Crippen LogP contribution >= 0.6 is 11.3 Å². The Kier molecular flexibility index (Phi) is 4.29. The fraction of sp³-hybridized carbons (Fsp3) is 0.727. The van der Waals surface area contributed by atoms with E-state index in [2.05, 4.69) is 27.5 Å². The predicted octanol–water partition coefficient (Wildman–Crippen LogP) is 1.08. The average molecular weight is 241 g/mol. The van der Waals surface area contributed by atoms with Gasteiger partial charge in [0.15, 0.2) is 0 Å². The lowest BCUT2D eigenvalue weighted by atomic mass is 10.2. The summed E-state index contributed by atoms with van der Waals surface area (Å²) in [6.07, 6.45) is 0. The molecule has 1 N–H and O–H groups in total. The van der Waals surface area contributed by atoms with Crippen LogP contribution in [0.15, 0.2) is 5.38 Å². The first-order chi connectivity index (χ1) is 7.78. The topological polar surface area (TPSA) is 37.4 Å². The molecule has 4 nitrogen and oxygen atoms in total. The Morgan fingerprint density at radius 2 is 2.56 bits per heavy atom. The Morgan fingerprint density at radius 3 is 3.31 bits per heavy atom. The molecule has 0 amide bonds. The van der Waals surface area contributed by atoms with Gasteiger partial charge in [0.1, 0.15) is 5.01 Å². The maximum Gasteiger partial charge on any atom is 0.119 e. The number of hydrogen-bond donors (Lipinski definition) is 1. The Labute approximate surface area is 101 Å². The molecule has 1 atom stereocenters. The summed E-state index contributed by atoms with van der Waals surface area (Å²) in [5.41, 5.74) is 1.17. The van der Waals surface area contributed by atoms with Gasteiger partial charge in [-0.05, 0) is 6.92 Å². The average Bonchev–Trinajstić information content (AvgIpc) is 2.66. The molecule has 1 aliphatic heterocycles. The van der Waals surface area contributed by atoms with Crippen molar-refractivity contribution in [2.45, 2.75) is 26.1 Å². The maximum absolute atomic E-state index is 5.07. The van der Waals surface area contributed by atoms with Gasteiger partial charge in [-0.25, -0.2) is 4.98 Å². The van der Waals surface area contributed by atoms with Crippen LogP contribution in [0, 0.1) is 0 Å². The number of ether oxygens (including phenoxy) is 1. The van der Waals surface area contributed by atoms with Crippen LogP contribution in [0.2, 0.25) is 0 Å². The van der Waals surface area contributed by atoms with Crippen molar-refractivity contribution < 1.29 is 4.74 Å². The molecular formula is C11H19N3OS. The Balaban J connectivity index is 1.87. The second kappa shape index (κ2) is 5.72. The molecule has 1 saturated heterocycles. The SMILES string of the molecule is COCc1nc(CN2CCN[C@@H](C)C2)cs1. The minimum Gasteiger partial charge on any atom is -0.378 e. The Bertz CT molecular complexity index is 329. The van der Waals surface area contributed by atoms with Crippen molar-refractivity contribution in [2.75, 3.05) is 26.7 Å². The third-order valence-corrected chi connectivity index (χ3v) is 3.58. The molecule has 1 fully saturated rings. The minimum absolute atomic E-state index is 0.589. The molecule has 0 spiro atoms. The molecule has 1 aromatic rings. The highest BCUT2D eigenvalue weighted by molar-refractivity contribution is 7.09. The van der Waals surface area contributed by atoms with Crippen molar-refractivity contribution in [3.8, 4) is 0 Å². The predicted molar refractivity (Wildman–Crippen MR) is 65.6 cm³/mol. The highest BCUT2D eigenvalue weighted by atomic mass is 32.1. The van der Waals surface area contributed by atoms with E-state index in [9.17, 15) is 0 Å². The van der Waals surface area contributed by atoms with Crippen molar-refractivity contribution >= 4 is 11.3 Å². The third-order valence-electron chi connectivity index (χ3n) is 2.71. The molecule has 0 unspecified atom stereocenters. The second-order valence-electron chi connectivity index (χ2n) is 4.26. The molecule has 0 aliphatic carbocycles. The van der Waals surface area contributed by atoms with Gasteiger partial charge >= 0.3 is 0 Å². The largest absolute Gasteiger partial charge is 0.378 e. The molecule has 0 aromatic carbocycles. The molecule has 90 valence electrons. The normalized spacial score (nSPS) is 22.5. The van der Waals surface area contributed by atoms with Crippen LogP contribution in [-0.2, 0) is 17.9 Å². The van der Waals surface area contributed by atoms with Crippen LogP contribution < -0.4 is 5.32 Å². The van der Waals surface area contributed by atoms with Crippen molar-refractivity contribution in [3.05, 3.63) is 16.1 Å². The number of rotatable bonds is 4. The van der Waals surface area contributed by atoms with E-state index in [-0.39, 0.29) is 0 Å². The quantitative estimate of drug-likeness (QED) is 0.856. The zero-order valence-corrected chi connectivity index (χ0v) is 10.7. The number of piperazine rings is 1. The minimum atomic E-state index is 0.589. The summed E-state index contributed by atoms with van der Waals surface area (Å²) >= 11 is 1.69. The Morgan fingerprint density at radius 1 is 1.69 bits per heavy atom. The van der Waals surface area contributed by atoms with Crippen LogP contribution in [0.25, 0.3) is 0 Å². The molecule has 1 aliphatic rings. The molecular weight excluding hydrogens is 222 g/mol. The van der Waals surface area contributed by atoms with Gasteiger partial charge in [0.05, 0.1) is 12.3 Å². The van der Waals surface area contributed by atoms with Crippen molar-refractivity contribution in [3.63, 3.8) is 0 Å². The first-order valence-electron chi connectivity index (χ1n) is 5.66. The van der Waals surface area contributed by atoms with Gasteiger partial charge in [-0.3, -0.25) is 4.90 Å². The Hall–Kier alpha value is -0.490. The number of aromatic nitrogens is 1. The fourth-order valence-corrected chi connectivity index (χ4v) is 2.75. The third kappa shape index (κ3) is 3.25. The van der Waals surface area contributed by atoms with Crippen LogP contribution in [0.3, 0.4) is 0 Å². The second-order valence-corrected chi connectivity index (χ2v) is 5.20. The molecule has 0 radical (unpaired) electrons. The standard InChI is InChI=1S/C11H19N3OS/c1-9-5-14(4-3-12-9)6-10-8-16-11(13-10)7-15-2/h8-9,12H,3-7H2,1-2H3/t9-/m0/s1. The molecule has 0 saturated carbocycles. The highest BCUT2D eigenvalue weighted by Gasteiger charge is 2.16. The van der Waals surface area contributed by atoms with E-state index in [1.807, 2.05) is 0 Å². The van der Waals surface area contributed by atoms with Crippen LogP contribution in [-0.4, -0.2) is 42.7 Å². The molecule has 2 heterocycles. The highest BCUT2D eigenvalue weighted by Crippen LogP contribution is 2.13. The monoisotopic (exact) mass is 241 g/mol. The number of thiazole rings is 1. The number of hydrogen-bond acceptors (Lipinski definition) is 5. The van der Waals surface area contributed by atoms with E-state index >= 15 is 0 Å². The van der Waals surface area contributed by atoms with E-state index in [4.69, 9.17) is 4.74 Å². The summed E-state index contributed by atoms with van der Waals surface area (Å²) in [5.74, 6) is 0. The smallest absolute Gasteiger partial charge is 0.119 e. The fourth-order valence-electron chi connectivity index (χ4n) is 2.00. The van der Waals surface area contributed by atoms with Gasteiger partial charge < -0.3 is 10.1 Å². The zero-order valence-electron chi connectivity index (χ0n) is 9.90. The van der Waals surface area contributed by atoms with E-state index in [1.165, 1.54) is 5.69 Å². The summed E-state index contributed by atoms with van der Waals surface area (Å²) in [6, 6.07) is 0.589. The summed E-state index contributed by atoms with van der Waals surface area (Å²) in [6.45, 7) is 7.12. The zero-order chi connectivity index (χ0) is 11.4. The van der Waals surface area contributed by atoms with Crippen molar-refractivity contribution in [1.82, 2.24) is 15.2 Å². The van der Waals surface area contributed by atoms with Crippen LogP contribution in [0.1, 0.15) is 17.6 Å². The maximum atomic E-state index is 5.07. The lowest BCUT2D eigenvalue weighted by Gasteiger charge is -2.31. The van der Waals surface area contributed by atoms with E-state index in [0.29, 0.717) is 12.6 Å². The van der Waals surface area contributed by atoms with Gasteiger partial charge in [0.25, 0.3) is 0 Å². The first kappa shape index (κ1) is 12.0. The van der Waals surface area contributed by atoms with E-state index in [0.717, 1.165) is 31.2 Å². The molecule has 0 bridgehead atoms. The lowest BCUT2D eigenvalue weighted by molar-refractivity contribution is 0.182. The van der Waals surface area contributed by atoms with E-state index in [1.54, 1.807) is 18.4 Å². The van der Waals surface area contributed by atoms with Crippen molar-refractivity contribution in [2.24, 2.45) is 0 Å². The van der Waals surface area contributed by atoms with Gasteiger partial charge in [-0.1, -0.05) is 0 Å². The van der Waals surface area contributed by atoms with Gasteiger partial charge in [-0.2, -0.15) is 0 Å². The molecule has 5 heteroatoms. The summed E-state index contributed by atoms with van der Waals surface area (Å²) in [7, 11) is 1.71. The molecule has 16 heavy (non-hydrogen) atoms. The van der Waals surface area contributed by atoms with Gasteiger partial charge in [-0.15, -0.1) is 11.3 Å². The molecule has 2 rings (SSSR count). The number of nitrogens with zero attached hydrogens (tertiary/aromatic N) is 2. The summed E-state index contributed by atoms with van der Waals surface area (Å²) in [5, 5.41) is 6.65. The van der Waals surface area contributed by atoms with Gasteiger partial charge in [0, 0.05) is 44.7 Å². The molecule has 1 aromatic heterocycles. The van der Waals surface area contributed by atoms with Gasteiger partial charge in [0.2, 0.25) is 0 Å². The van der Waals surface area contributed by atoms with E-state index < -0.39 is 0 Å². The van der Waals surface area contributed by atoms with Crippen LogP contribution in [0.5, 0.6) is 0 Å².